The molecule has 94 valence electrons. The summed E-state index contributed by atoms with van der Waals surface area (Å²) in [6.07, 6.45) is 0. The summed E-state index contributed by atoms with van der Waals surface area (Å²) in [4.78, 5) is 11.5. The second kappa shape index (κ2) is 4.52. The number of carbonyl (C=O) groups is 1. The van der Waals surface area contributed by atoms with Gasteiger partial charge in [-0.15, -0.1) is 5.10 Å². The van der Waals surface area contributed by atoms with Gasteiger partial charge in [-0.05, 0) is 12.1 Å². The van der Waals surface area contributed by atoms with Gasteiger partial charge in [-0.25, -0.2) is 18.3 Å². The summed E-state index contributed by atoms with van der Waals surface area (Å²) in [5, 5.41) is 7.33. The van der Waals surface area contributed by atoms with Crippen molar-refractivity contribution in [3.05, 3.63) is 35.5 Å². The van der Waals surface area contributed by atoms with Crippen LogP contribution in [0.15, 0.2) is 18.2 Å². The lowest BCUT2D eigenvalue weighted by molar-refractivity contribution is 0.0589. The predicted molar refractivity (Wildman–Crippen MR) is 57.7 cm³/mol. The lowest BCUT2D eigenvalue weighted by Gasteiger charge is -2.03. The second-order valence-corrected chi connectivity index (χ2v) is 3.53. The first-order valence-electron chi connectivity index (χ1n) is 4.98. The van der Waals surface area contributed by atoms with E-state index in [2.05, 4.69) is 15.0 Å². The van der Waals surface area contributed by atoms with Crippen molar-refractivity contribution in [3.63, 3.8) is 0 Å². The maximum absolute atomic E-state index is 13.6. The smallest absolute Gasteiger partial charge is 0.358 e. The van der Waals surface area contributed by atoms with E-state index in [1.54, 1.807) is 0 Å². The molecular weight excluding hydrogens is 244 g/mol. The number of carbonyl (C=O) groups excluding carboxylic acids is 1. The Hall–Kier alpha value is -2.31. The van der Waals surface area contributed by atoms with Crippen LogP contribution in [0.1, 0.15) is 10.5 Å². The van der Waals surface area contributed by atoms with E-state index in [1.165, 1.54) is 24.9 Å². The van der Waals surface area contributed by atoms with Crippen molar-refractivity contribution in [1.82, 2.24) is 15.0 Å². The van der Waals surface area contributed by atoms with E-state index in [-0.39, 0.29) is 17.0 Å². The van der Waals surface area contributed by atoms with Crippen LogP contribution in [0, 0.1) is 11.6 Å². The first-order valence-corrected chi connectivity index (χ1v) is 4.98. The minimum absolute atomic E-state index is 0.00279. The maximum Gasteiger partial charge on any atom is 0.358 e. The molecule has 1 heterocycles. The number of aryl methyl sites for hydroxylation is 1. The van der Waals surface area contributed by atoms with Crippen LogP contribution in [0.3, 0.4) is 0 Å². The van der Waals surface area contributed by atoms with Crippen molar-refractivity contribution in [1.29, 1.82) is 0 Å². The van der Waals surface area contributed by atoms with E-state index in [0.717, 1.165) is 6.07 Å². The van der Waals surface area contributed by atoms with Crippen LogP contribution in [-0.2, 0) is 11.8 Å². The summed E-state index contributed by atoms with van der Waals surface area (Å²) in [5.41, 5.74) is 0.00904. The van der Waals surface area contributed by atoms with E-state index in [9.17, 15) is 13.6 Å². The molecule has 2 rings (SSSR count). The molecule has 0 aliphatic heterocycles. The summed E-state index contributed by atoms with van der Waals surface area (Å²) < 4.78 is 32.2. The highest BCUT2D eigenvalue weighted by atomic mass is 19.1. The van der Waals surface area contributed by atoms with Crippen LogP contribution in [0.4, 0.5) is 8.78 Å². The number of benzene rings is 1. The lowest BCUT2D eigenvalue weighted by Crippen LogP contribution is -2.10. The number of halogens is 2. The molecular formula is C11H9F2N3O2. The fourth-order valence-corrected chi connectivity index (χ4v) is 1.55. The molecule has 7 heteroatoms. The molecule has 0 aliphatic carbocycles. The lowest BCUT2D eigenvalue weighted by atomic mass is 10.1. The highest BCUT2D eigenvalue weighted by Gasteiger charge is 2.22. The van der Waals surface area contributed by atoms with Crippen LogP contribution in [0.25, 0.3) is 11.3 Å². The van der Waals surface area contributed by atoms with Crippen molar-refractivity contribution < 1.29 is 18.3 Å². The molecule has 1 aromatic carbocycles. The predicted octanol–water partition coefficient (Wildman–Crippen LogP) is 1.55. The van der Waals surface area contributed by atoms with Gasteiger partial charge in [0.2, 0.25) is 0 Å². The van der Waals surface area contributed by atoms with Gasteiger partial charge >= 0.3 is 5.97 Å². The molecule has 0 bridgehead atoms. The molecule has 0 unspecified atom stereocenters. The largest absolute Gasteiger partial charge is 0.464 e. The first kappa shape index (κ1) is 12.2. The Morgan fingerprint density at radius 2 is 2.11 bits per heavy atom. The van der Waals surface area contributed by atoms with E-state index >= 15 is 0 Å². The van der Waals surface area contributed by atoms with Crippen molar-refractivity contribution in [2.24, 2.45) is 7.05 Å². The van der Waals surface area contributed by atoms with Gasteiger partial charge in [-0.3, -0.25) is 0 Å². The molecule has 18 heavy (non-hydrogen) atoms. The van der Waals surface area contributed by atoms with Crippen molar-refractivity contribution in [2.45, 2.75) is 0 Å². The molecule has 5 nitrogen and oxygen atoms in total. The second-order valence-electron chi connectivity index (χ2n) is 3.53. The van der Waals surface area contributed by atoms with Crippen LogP contribution in [0.5, 0.6) is 0 Å². The van der Waals surface area contributed by atoms with Gasteiger partial charge in [0.15, 0.2) is 5.69 Å². The van der Waals surface area contributed by atoms with Gasteiger partial charge in [-0.2, -0.15) is 0 Å². The van der Waals surface area contributed by atoms with Crippen molar-refractivity contribution in [2.75, 3.05) is 7.11 Å². The van der Waals surface area contributed by atoms with Gasteiger partial charge in [0, 0.05) is 18.7 Å². The Balaban J connectivity index is 2.61. The van der Waals surface area contributed by atoms with Crippen molar-refractivity contribution in [3.8, 4) is 11.3 Å². The molecule has 1 aromatic heterocycles. The van der Waals surface area contributed by atoms with Gasteiger partial charge in [0.25, 0.3) is 0 Å². The molecule has 0 aliphatic rings. The van der Waals surface area contributed by atoms with E-state index < -0.39 is 17.6 Å². The Morgan fingerprint density at radius 1 is 1.39 bits per heavy atom. The molecule has 0 N–H and O–H groups in total. The number of methoxy groups -OCH3 is 1. The number of ether oxygens (including phenoxy) is 1. The molecule has 0 fully saturated rings. The monoisotopic (exact) mass is 253 g/mol. The zero-order valence-electron chi connectivity index (χ0n) is 9.65. The molecule has 0 amide bonds. The Morgan fingerprint density at radius 3 is 2.72 bits per heavy atom. The summed E-state index contributed by atoms with van der Waals surface area (Å²) >= 11 is 0. The fourth-order valence-electron chi connectivity index (χ4n) is 1.55. The van der Waals surface area contributed by atoms with E-state index in [4.69, 9.17) is 0 Å². The molecule has 0 spiro atoms. The maximum atomic E-state index is 13.6. The summed E-state index contributed by atoms with van der Waals surface area (Å²) in [5.74, 6) is -2.22. The third-order valence-corrected chi connectivity index (χ3v) is 2.39. The number of hydrogen-bond donors (Lipinski definition) is 0. The van der Waals surface area contributed by atoms with Gasteiger partial charge in [0.1, 0.15) is 17.3 Å². The summed E-state index contributed by atoms with van der Waals surface area (Å²) in [7, 11) is 2.67. The molecule has 0 radical (unpaired) electrons. The zero-order valence-corrected chi connectivity index (χ0v) is 9.65. The summed E-state index contributed by atoms with van der Waals surface area (Å²) in [6, 6.07) is 2.99. The minimum atomic E-state index is -0.819. The molecule has 2 aromatic rings. The van der Waals surface area contributed by atoms with Crippen LogP contribution in [-0.4, -0.2) is 28.1 Å². The van der Waals surface area contributed by atoms with E-state index in [0.29, 0.717) is 6.07 Å². The van der Waals surface area contributed by atoms with Crippen LogP contribution >= 0.6 is 0 Å². The van der Waals surface area contributed by atoms with Crippen LogP contribution in [0.2, 0.25) is 0 Å². The zero-order chi connectivity index (χ0) is 13.3. The highest BCUT2D eigenvalue weighted by Crippen LogP contribution is 2.24. The van der Waals surface area contributed by atoms with E-state index in [1.807, 2.05) is 0 Å². The van der Waals surface area contributed by atoms with Crippen LogP contribution < -0.4 is 0 Å². The first-order chi connectivity index (χ1) is 8.54. The average Bonchev–Trinajstić information content (AvgIpc) is 2.70. The molecule has 0 saturated heterocycles. The standard InChI is InChI=1S/C11H9F2N3O2/c1-16-10(11(17)18-2)9(14-15-16)7-4-3-6(12)5-8(7)13/h3-5H,1-2H3. The number of aromatic nitrogens is 3. The Kier molecular flexibility index (Phi) is 3.05. The highest BCUT2D eigenvalue weighted by molar-refractivity contribution is 5.94. The Labute approximate surface area is 101 Å². The van der Waals surface area contributed by atoms with Gasteiger partial charge < -0.3 is 4.74 Å². The Bertz CT molecular complexity index is 610. The number of nitrogens with zero attached hydrogens (tertiary/aromatic N) is 3. The van der Waals surface area contributed by atoms with Gasteiger partial charge in [-0.1, -0.05) is 5.21 Å². The SMILES string of the molecule is COC(=O)c1c(-c2ccc(F)cc2F)nnn1C. The topological polar surface area (TPSA) is 57.0 Å². The number of rotatable bonds is 2. The van der Waals surface area contributed by atoms with Gasteiger partial charge in [0.05, 0.1) is 7.11 Å². The normalized spacial score (nSPS) is 10.4. The average molecular weight is 253 g/mol. The quantitative estimate of drug-likeness (QED) is 0.762. The third kappa shape index (κ3) is 1.94. The number of hydrogen-bond acceptors (Lipinski definition) is 4. The third-order valence-electron chi connectivity index (χ3n) is 2.39. The van der Waals surface area contributed by atoms with Crippen molar-refractivity contribution >= 4 is 5.97 Å². The fraction of sp³-hybridized carbons (Fsp3) is 0.182. The molecule has 0 saturated carbocycles. The summed E-state index contributed by atoms with van der Waals surface area (Å²) in [6.45, 7) is 0. The number of esters is 1. The minimum Gasteiger partial charge on any atom is -0.464 e. The molecule has 0 atom stereocenters.